The van der Waals surface area contributed by atoms with Gasteiger partial charge in [-0.1, -0.05) is 31.6 Å². The van der Waals surface area contributed by atoms with Crippen molar-refractivity contribution in [3.8, 4) is 17.0 Å². The maximum absolute atomic E-state index is 14.3. The molecule has 0 unspecified atom stereocenters. The number of methoxy groups -OCH3 is 1. The van der Waals surface area contributed by atoms with Gasteiger partial charge < -0.3 is 4.74 Å². The van der Waals surface area contributed by atoms with Gasteiger partial charge in [0.05, 0.1) is 12.8 Å². The van der Waals surface area contributed by atoms with E-state index in [1.54, 1.807) is 18.3 Å². The molecule has 3 nitrogen and oxygen atoms in total. The third kappa shape index (κ3) is 5.29. The van der Waals surface area contributed by atoms with Crippen LogP contribution in [0.25, 0.3) is 16.8 Å². The third-order valence-corrected chi connectivity index (χ3v) is 4.75. The number of carbonyl (C=O) groups is 1. The molecule has 30 heavy (non-hydrogen) atoms. The fourth-order valence-corrected chi connectivity index (χ4v) is 3.28. The van der Waals surface area contributed by atoms with Crippen LogP contribution in [0.4, 0.5) is 8.78 Å². The molecule has 0 amide bonds. The highest BCUT2D eigenvalue weighted by Crippen LogP contribution is 2.33. The number of allylic oxidation sites excluding steroid dienone is 6. The molecule has 2 aromatic rings. The van der Waals surface area contributed by atoms with Crippen LogP contribution in [0.5, 0.6) is 5.75 Å². The van der Waals surface area contributed by atoms with Crippen molar-refractivity contribution >= 4 is 11.9 Å². The van der Waals surface area contributed by atoms with Crippen LogP contribution in [0.1, 0.15) is 45.2 Å². The Kier molecular flexibility index (Phi) is 8.22. The summed E-state index contributed by atoms with van der Waals surface area (Å²) in [5.74, 6) is -1.99. The normalized spacial score (nSPS) is 12.8. The highest BCUT2D eigenvalue weighted by atomic mass is 19.1. The minimum Gasteiger partial charge on any atom is -0.491 e. The number of nitrogens with zero attached hydrogens (tertiary/aromatic N) is 1. The molecule has 0 saturated heterocycles. The van der Waals surface area contributed by atoms with Crippen LogP contribution in [0.3, 0.4) is 0 Å². The lowest BCUT2D eigenvalue weighted by atomic mass is 9.95. The third-order valence-electron chi connectivity index (χ3n) is 4.75. The number of hydrogen-bond donors (Lipinski definition) is 0. The first kappa shape index (κ1) is 23.2. The van der Waals surface area contributed by atoms with Crippen LogP contribution in [0.2, 0.25) is 0 Å². The lowest BCUT2D eigenvalue weighted by molar-refractivity contribution is -0.104. The number of benzene rings is 1. The zero-order valence-corrected chi connectivity index (χ0v) is 18.1. The molecule has 158 valence electrons. The van der Waals surface area contributed by atoms with Gasteiger partial charge in [0.1, 0.15) is 6.29 Å². The number of hydrogen-bond acceptors (Lipinski definition) is 3. The van der Waals surface area contributed by atoms with Gasteiger partial charge in [-0.25, -0.2) is 8.78 Å². The van der Waals surface area contributed by atoms with Crippen molar-refractivity contribution in [1.29, 1.82) is 0 Å². The lowest BCUT2D eigenvalue weighted by Crippen LogP contribution is -1.99. The largest absolute Gasteiger partial charge is 0.491 e. The molecule has 0 N–H and O–H groups in total. The average molecular weight is 411 g/mol. The first-order chi connectivity index (χ1) is 14.4. The molecule has 1 aromatic heterocycles. The molecule has 1 aromatic carbocycles. The summed E-state index contributed by atoms with van der Waals surface area (Å²) in [4.78, 5) is 15.9. The summed E-state index contributed by atoms with van der Waals surface area (Å²) < 4.78 is 33.4. The molecule has 0 aliphatic rings. The molecule has 1 heterocycles. The lowest BCUT2D eigenvalue weighted by Gasteiger charge is -2.14. The summed E-state index contributed by atoms with van der Waals surface area (Å²) in [5, 5.41) is 0. The molecule has 0 spiro atoms. The van der Waals surface area contributed by atoms with Crippen molar-refractivity contribution in [2.24, 2.45) is 0 Å². The number of ether oxygens (including phenoxy) is 1. The minimum absolute atomic E-state index is 0.322. The van der Waals surface area contributed by atoms with Crippen LogP contribution in [-0.4, -0.2) is 18.4 Å². The smallest absolute Gasteiger partial charge is 0.190 e. The summed E-state index contributed by atoms with van der Waals surface area (Å²) >= 11 is 0. The Balaban J connectivity index is 2.70. The van der Waals surface area contributed by atoms with Crippen molar-refractivity contribution in [2.45, 2.75) is 40.5 Å². The molecule has 0 bridgehead atoms. The van der Waals surface area contributed by atoms with Crippen molar-refractivity contribution in [1.82, 2.24) is 4.98 Å². The van der Waals surface area contributed by atoms with Gasteiger partial charge in [-0.3, -0.25) is 9.78 Å². The molecule has 2 rings (SSSR count). The van der Waals surface area contributed by atoms with Gasteiger partial charge in [0, 0.05) is 22.9 Å². The van der Waals surface area contributed by atoms with E-state index in [4.69, 9.17) is 4.74 Å². The summed E-state index contributed by atoms with van der Waals surface area (Å²) in [7, 11) is 1.22. The van der Waals surface area contributed by atoms with E-state index in [9.17, 15) is 13.6 Å². The molecule has 0 radical (unpaired) electrons. The summed E-state index contributed by atoms with van der Waals surface area (Å²) in [5.41, 5.74) is 4.78. The molecule has 0 fully saturated rings. The SMILES string of the molecule is C\C=C/C(C=O)=C(C)\C=C(/C)c1cc(CCC)cnc1-c1cc(F)c(OC)c(F)c1. The molecular weight excluding hydrogens is 384 g/mol. The first-order valence-electron chi connectivity index (χ1n) is 9.85. The quantitative estimate of drug-likeness (QED) is 0.283. The highest BCUT2D eigenvalue weighted by Gasteiger charge is 2.17. The van der Waals surface area contributed by atoms with Crippen molar-refractivity contribution in [3.63, 3.8) is 0 Å². The predicted molar refractivity (Wildman–Crippen MR) is 117 cm³/mol. The highest BCUT2D eigenvalue weighted by molar-refractivity contribution is 5.83. The Morgan fingerprint density at radius 3 is 2.37 bits per heavy atom. The van der Waals surface area contributed by atoms with E-state index in [0.717, 1.165) is 41.4 Å². The van der Waals surface area contributed by atoms with Gasteiger partial charge in [-0.15, -0.1) is 0 Å². The van der Waals surface area contributed by atoms with Crippen molar-refractivity contribution < 1.29 is 18.3 Å². The van der Waals surface area contributed by atoms with Gasteiger partial charge >= 0.3 is 0 Å². The Bertz CT molecular complexity index is 997. The van der Waals surface area contributed by atoms with Crippen LogP contribution in [-0.2, 0) is 11.2 Å². The first-order valence-corrected chi connectivity index (χ1v) is 9.85. The molecule has 0 atom stereocenters. The van der Waals surface area contributed by atoms with Gasteiger partial charge in [-0.05, 0) is 62.1 Å². The van der Waals surface area contributed by atoms with E-state index in [1.807, 2.05) is 32.9 Å². The van der Waals surface area contributed by atoms with Crippen LogP contribution in [0.15, 0.2) is 53.8 Å². The van der Waals surface area contributed by atoms with E-state index >= 15 is 0 Å². The Morgan fingerprint density at radius 1 is 1.17 bits per heavy atom. The zero-order valence-electron chi connectivity index (χ0n) is 18.1. The fourth-order valence-electron chi connectivity index (χ4n) is 3.28. The van der Waals surface area contributed by atoms with E-state index in [-0.39, 0.29) is 0 Å². The Labute approximate surface area is 176 Å². The number of halogens is 2. The number of rotatable bonds is 8. The molecule has 5 heteroatoms. The maximum atomic E-state index is 14.3. The second-order valence-electron chi connectivity index (χ2n) is 7.05. The van der Waals surface area contributed by atoms with Gasteiger partial charge in [0.15, 0.2) is 17.4 Å². The van der Waals surface area contributed by atoms with Crippen LogP contribution in [0, 0.1) is 11.6 Å². The number of carbonyl (C=O) groups excluding carboxylic acids is 1. The summed E-state index contributed by atoms with van der Waals surface area (Å²) in [6, 6.07) is 4.43. The van der Waals surface area contributed by atoms with Crippen LogP contribution >= 0.6 is 0 Å². The number of pyridine rings is 1. The number of aldehydes is 1. The Hall–Kier alpha value is -3.08. The number of aromatic nitrogens is 1. The second kappa shape index (κ2) is 10.6. The van der Waals surface area contributed by atoms with E-state index in [2.05, 4.69) is 11.9 Å². The van der Waals surface area contributed by atoms with E-state index < -0.39 is 17.4 Å². The number of aryl methyl sites for hydroxylation is 1. The topological polar surface area (TPSA) is 39.2 Å². The standard InChI is InChI=1S/C25H27F2NO2/c1-6-8-18-11-21(17(4)10-16(3)19(15-29)9-7-2)24(28-14-18)20-12-22(26)25(30-5)23(27)13-20/h7,9-15H,6,8H2,1-5H3/b9-7-,17-10+,19-16+. The minimum atomic E-state index is -0.785. The van der Waals surface area contributed by atoms with Gasteiger partial charge in [0.25, 0.3) is 0 Å². The van der Waals surface area contributed by atoms with Gasteiger partial charge in [0.2, 0.25) is 0 Å². The van der Waals surface area contributed by atoms with Gasteiger partial charge in [-0.2, -0.15) is 0 Å². The van der Waals surface area contributed by atoms with Crippen molar-refractivity contribution in [3.05, 3.63) is 76.5 Å². The fraction of sp³-hybridized carbons (Fsp3) is 0.280. The monoisotopic (exact) mass is 411 g/mol. The van der Waals surface area contributed by atoms with Crippen molar-refractivity contribution in [2.75, 3.05) is 7.11 Å². The molecule has 0 saturated carbocycles. The molecule has 0 aliphatic heterocycles. The van der Waals surface area contributed by atoms with Crippen LogP contribution < -0.4 is 4.74 Å². The predicted octanol–water partition coefficient (Wildman–Crippen LogP) is 6.48. The summed E-state index contributed by atoms with van der Waals surface area (Å²) in [6.07, 6.45) is 9.75. The maximum Gasteiger partial charge on any atom is 0.190 e. The molecule has 0 aliphatic carbocycles. The van der Waals surface area contributed by atoms with E-state index in [0.29, 0.717) is 16.8 Å². The second-order valence-corrected chi connectivity index (χ2v) is 7.05. The summed E-state index contributed by atoms with van der Waals surface area (Å²) in [6.45, 7) is 7.66. The molecular formula is C25H27F2NO2. The van der Waals surface area contributed by atoms with E-state index in [1.165, 1.54) is 19.2 Å². The zero-order chi connectivity index (χ0) is 22.3. The Morgan fingerprint density at radius 2 is 1.83 bits per heavy atom. The average Bonchev–Trinajstić information content (AvgIpc) is 2.71.